The number of anilines is 2. The summed E-state index contributed by atoms with van der Waals surface area (Å²) in [6, 6.07) is 5.99. The molecule has 0 aliphatic carbocycles. The number of ether oxygens (including phenoxy) is 2. The Morgan fingerprint density at radius 3 is 2.38 bits per heavy atom. The second kappa shape index (κ2) is 8.52. The third kappa shape index (κ3) is 4.34. The van der Waals surface area contributed by atoms with Crippen LogP contribution in [0.1, 0.15) is 6.92 Å². The highest BCUT2D eigenvalue weighted by Crippen LogP contribution is 2.27. The molecule has 0 saturated carbocycles. The first kappa shape index (κ1) is 20.6. The molecular formula is C18H23N5O5S. The lowest BCUT2D eigenvalue weighted by atomic mass is 10.3. The van der Waals surface area contributed by atoms with Crippen LogP contribution in [0.4, 0.5) is 16.6 Å². The van der Waals surface area contributed by atoms with Crippen molar-refractivity contribution in [1.82, 2.24) is 14.9 Å². The molecule has 0 atom stereocenters. The molecular weight excluding hydrogens is 398 g/mol. The van der Waals surface area contributed by atoms with E-state index in [0.29, 0.717) is 44.5 Å². The minimum Gasteiger partial charge on any atom is -0.497 e. The van der Waals surface area contributed by atoms with Crippen molar-refractivity contribution in [3.8, 4) is 5.75 Å². The number of methoxy groups -OCH3 is 1. The largest absolute Gasteiger partial charge is 0.497 e. The van der Waals surface area contributed by atoms with Crippen LogP contribution in [0.2, 0.25) is 0 Å². The minimum atomic E-state index is -3.86. The number of nitrogens with two attached hydrogens (primary N) is 1. The Kier molecular flexibility index (Phi) is 6.06. The van der Waals surface area contributed by atoms with Crippen LogP contribution >= 0.6 is 0 Å². The van der Waals surface area contributed by atoms with Crippen LogP contribution in [0.15, 0.2) is 40.3 Å². The lowest BCUT2D eigenvalue weighted by molar-refractivity contribution is 0.105. The Hall–Kier alpha value is -3.08. The van der Waals surface area contributed by atoms with Gasteiger partial charge < -0.3 is 25.0 Å². The van der Waals surface area contributed by atoms with Gasteiger partial charge in [-0.05, 0) is 31.2 Å². The van der Waals surface area contributed by atoms with Gasteiger partial charge >= 0.3 is 6.09 Å². The van der Waals surface area contributed by atoms with Gasteiger partial charge in [0.25, 0.3) is 0 Å². The topological polar surface area (TPSA) is 128 Å². The van der Waals surface area contributed by atoms with Crippen molar-refractivity contribution < 1.29 is 22.7 Å². The quantitative estimate of drug-likeness (QED) is 0.756. The van der Waals surface area contributed by atoms with Crippen molar-refractivity contribution in [3.05, 3.63) is 30.5 Å². The summed E-state index contributed by atoms with van der Waals surface area (Å²) in [4.78, 5) is 23.5. The Morgan fingerprint density at radius 2 is 1.83 bits per heavy atom. The number of nitrogen functional groups attached to an aromatic ring is 1. The summed E-state index contributed by atoms with van der Waals surface area (Å²) in [6.45, 7) is 3.96. The number of aromatic nitrogens is 2. The molecule has 1 aliphatic heterocycles. The van der Waals surface area contributed by atoms with E-state index in [1.54, 1.807) is 24.0 Å². The molecule has 1 fully saturated rings. The Balaban J connectivity index is 1.76. The van der Waals surface area contributed by atoms with E-state index in [2.05, 4.69) is 9.97 Å². The maximum Gasteiger partial charge on any atom is 0.409 e. The van der Waals surface area contributed by atoms with Crippen LogP contribution in [-0.4, -0.2) is 69.3 Å². The van der Waals surface area contributed by atoms with E-state index in [-0.39, 0.29) is 21.7 Å². The molecule has 2 heterocycles. The van der Waals surface area contributed by atoms with Gasteiger partial charge in [0.15, 0.2) is 0 Å². The summed E-state index contributed by atoms with van der Waals surface area (Å²) in [5.74, 6) is 0.740. The van der Waals surface area contributed by atoms with Crippen molar-refractivity contribution in [2.24, 2.45) is 0 Å². The normalized spacial score (nSPS) is 14.6. The van der Waals surface area contributed by atoms with E-state index in [9.17, 15) is 13.2 Å². The van der Waals surface area contributed by atoms with E-state index >= 15 is 0 Å². The van der Waals surface area contributed by atoms with Crippen LogP contribution in [-0.2, 0) is 14.6 Å². The SMILES string of the molecule is CCOC(=O)N1CCN(c2ncc(S(=O)(=O)c3ccc(OC)cc3)c(N)n2)CC1. The fourth-order valence-electron chi connectivity index (χ4n) is 2.92. The molecule has 1 aliphatic rings. The molecule has 11 heteroatoms. The highest BCUT2D eigenvalue weighted by Gasteiger charge is 2.26. The van der Waals surface area contributed by atoms with E-state index in [1.165, 1.54) is 25.4 Å². The molecule has 3 rings (SSSR count). The maximum atomic E-state index is 12.8. The molecule has 1 aromatic carbocycles. The molecule has 0 unspecified atom stereocenters. The van der Waals surface area contributed by atoms with Crippen molar-refractivity contribution in [2.75, 3.05) is 50.5 Å². The predicted molar refractivity (Wildman–Crippen MR) is 106 cm³/mol. The molecule has 0 radical (unpaired) electrons. The lowest BCUT2D eigenvalue weighted by Gasteiger charge is -2.34. The first-order valence-corrected chi connectivity index (χ1v) is 10.5. The lowest BCUT2D eigenvalue weighted by Crippen LogP contribution is -2.49. The fourth-order valence-corrected chi connectivity index (χ4v) is 4.18. The molecule has 0 bridgehead atoms. The number of rotatable bonds is 5. The number of carbonyl (C=O) groups excluding carboxylic acids is 1. The highest BCUT2D eigenvalue weighted by atomic mass is 32.2. The zero-order chi connectivity index (χ0) is 21.0. The molecule has 2 N–H and O–H groups in total. The average Bonchev–Trinajstić information content (AvgIpc) is 2.74. The molecule has 1 amide bonds. The van der Waals surface area contributed by atoms with Gasteiger partial charge in [-0.3, -0.25) is 0 Å². The van der Waals surface area contributed by atoms with Gasteiger partial charge in [0.2, 0.25) is 15.8 Å². The number of benzene rings is 1. The molecule has 2 aromatic rings. The van der Waals surface area contributed by atoms with Crippen LogP contribution in [0, 0.1) is 0 Å². The van der Waals surface area contributed by atoms with Crippen LogP contribution < -0.4 is 15.4 Å². The summed E-state index contributed by atoms with van der Waals surface area (Å²) in [7, 11) is -2.36. The molecule has 29 heavy (non-hydrogen) atoms. The zero-order valence-corrected chi connectivity index (χ0v) is 17.1. The van der Waals surface area contributed by atoms with Crippen LogP contribution in [0.3, 0.4) is 0 Å². The number of piperazine rings is 1. The Labute approximate surface area is 169 Å². The maximum absolute atomic E-state index is 12.8. The number of amides is 1. The second-order valence-electron chi connectivity index (χ2n) is 6.27. The smallest absolute Gasteiger partial charge is 0.409 e. The van der Waals surface area contributed by atoms with Gasteiger partial charge in [-0.2, -0.15) is 4.98 Å². The summed E-state index contributed by atoms with van der Waals surface area (Å²) >= 11 is 0. The summed E-state index contributed by atoms with van der Waals surface area (Å²) in [6.07, 6.45) is 0.864. The zero-order valence-electron chi connectivity index (χ0n) is 16.2. The summed E-state index contributed by atoms with van der Waals surface area (Å²) in [5.41, 5.74) is 5.96. The second-order valence-corrected chi connectivity index (χ2v) is 8.19. The summed E-state index contributed by atoms with van der Waals surface area (Å²) < 4.78 is 35.7. The molecule has 1 saturated heterocycles. The number of hydrogen-bond acceptors (Lipinski definition) is 9. The van der Waals surface area contributed by atoms with E-state index < -0.39 is 9.84 Å². The van der Waals surface area contributed by atoms with Crippen LogP contribution in [0.5, 0.6) is 5.75 Å². The van der Waals surface area contributed by atoms with Gasteiger partial charge in [0.1, 0.15) is 16.5 Å². The van der Waals surface area contributed by atoms with E-state index in [0.717, 1.165) is 0 Å². The van der Waals surface area contributed by atoms with Crippen LogP contribution in [0.25, 0.3) is 0 Å². The fraction of sp³-hybridized carbons (Fsp3) is 0.389. The number of sulfone groups is 1. The van der Waals surface area contributed by atoms with Gasteiger partial charge in [0.05, 0.1) is 24.8 Å². The summed E-state index contributed by atoms with van der Waals surface area (Å²) in [5, 5.41) is 0. The monoisotopic (exact) mass is 421 g/mol. The van der Waals surface area contributed by atoms with Crippen molar-refractivity contribution in [1.29, 1.82) is 0 Å². The third-order valence-corrected chi connectivity index (χ3v) is 6.30. The van der Waals surface area contributed by atoms with Crippen molar-refractivity contribution in [3.63, 3.8) is 0 Å². The first-order valence-electron chi connectivity index (χ1n) is 9.05. The van der Waals surface area contributed by atoms with E-state index in [1.807, 2.05) is 4.90 Å². The van der Waals surface area contributed by atoms with Gasteiger partial charge in [-0.1, -0.05) is 0 Å². The first-order chi connectivity index (χ1) is 13.9. The molecule has 156 valence electrons. The van der Waals surface area contributed by atoms with Gasteiger partial charge in [-0.15, -0.1) is 0 Å². The standard InChI is InChI=1S/C18H23N5O5S/c1-3-28-18(24)23-10-8-22(9-11-23)17-20-12-15(16(19)21-17)29(25,26)14-6-4-13(27-2)5-7-14/h4-7,12H,3,8-11H2,1-2H3,(H2,19,20,21). The third-order valence-electron chi connectivity index (χ3n) is 4.52. The number of carbonyl (C=O) groups is 1. The average molecular weight is 421 g/mol. The van der Waals surface area contributed by atoms with E-state index in [4.69, 9.17) is 15.2 Å². The minimum absolute atomic E-state index is 0.0735. The number of nitrogens with zero attached hydrogens (tertiary/aromatic N) is 4. The van der Waals surface area contributed by atoms with Crippen molar-refractivity contribution >= 4 is 27.7 Å². The molecule has 10 nitrogen and oxygen atoms in total. The Bertz CT molecular complexity index is 973. The predicted octanol–water partition coefficient (Wildman–Crippen LogP) is 1.18. The van der Waals surface area contributed by atoms with Gasteiger partial charge in [0, 0.05) is 26.2 Å². The van der Waals surface area contributed by atoms with Crippen molar-refractivity contribution in [2.45, 2.75) is 16.7 Å². The highest BCUT2D eigenvalue weighted by molar-refractivity contribution is 7.91. The number of hydrogen-bond donors (Lipinski definition) is 1. The molecule has 1 aromatic heterocycles. The Morgan fingerprint density at radius 1 is 1.17 bits per heavy atom. The molecule has 0 spiro atoms. The van der Waals surface area contributed by atoms with Gasteiger partial charge in [-0.25, -0.2) is 18.2 Å².